The zero-order chi connectivity index (χ0) is 16.9. The van der Waals surface area contributed by atoms with Gasteiger partial charge >= 0.3 is 0 Å². The highest BCUT2D eigenvalue weighted by atomic mass is 32.1. The van der Waals surface area contributed by atoms with Crippen molar-refractivity contribution in [2.45, 2.75) is 39.2 Å². The maximum Gasteiger partial charge on any atom is 0.225 e. The van der Waals surface area contributed by atoms with Crippen LogP contribution in [0.2, 0.25) is 0 Å². The number of thiazole rings is 1. The first-order chi connectivity index (χ1) is 11.6. The van der Waals surface area contributed by atoms with Gasteiger partial charge in [0.05, 0.1) is 17.7 Å². The van der Waals surface area contributed by atoms with Gasteiger partial charge in [0, 0.05) is 30.5 Å². The molecule has 128 valence electrons. The van der Waals surface area contributed by atoms with Crippen molar-refractivity contribution in [2.24, 2.45) is 5.92 Å². The number of hydrogen-bond acceptors (Lipinski definition) is 4. The van der Waals surface area contributed by atoms with Crippen LogP contribution >= 0.6 is 11.3 Å². The highest BCUT2D eigenvalue weighted by Crippen LogP contribution is 2.24. The second kappa shape index (κ2) is 7.90. The molecule has 1 aromatic carbocycles. The zero-order valence-corrected chi connectivity index (χ0v) is 15.1. The molecular formula is C19H24N2O2S. The Labute approximate surface area is 147 Å². The number of hydrogen-bond donors (Lipinski definition) is 1. The second-order valence-corrected chi connectivity index (χ2v) is 7.23. The smallest absolute Gasteiger partial charge is 0.225 e. The maximum atomic E-state index is 12.2. The van der Waals surface area contributed by atoms with Crippen molar-refractivity contribution in [3.8, 4) is 10.6 Å². The molecule has 5 heteroatoms. The number of ether oxygens (including phenoxy) is 1. The first-order valence-corrected chi connectivity index (χ1v) is 9.42. The van der Waals surface area contributed by atoms with Crippen molar-refractivity contribution >= 4 is 17.2 Å². The van der Waals surface area contributed by atoms with Gasteiger partial charge in [0.2, 0.25) is 5.91 Å². The van der Waals surface area contributed by atoms with E-state index in [0.717, 1.165) is 42.1 Å². The van der Waals surface area contributed by atoms with Crippen molar-refractivity contribution in [1.29, 1.82) is 0 Å². The molecule has 4 nitrogen and oxygen atoms in total. The molecular weight excluding hydrogens is 320 g/mol. The minimum absolute atomic E-state index is 0.0164. The van der Waals surface area contributed by atoms with Gasteiger partial charge in [-0.05, 0) is 26.7 Å². The second-order valence-electron chi connectivity index (χ2n) is 6.38. The first-order valence-electron chi connectivity index (χ1n) is 8.54. The minimum Gasteiger partial charge on any atom is -0.378 e. The molecule has 0 spiro atoms. The number of nitrogens with one attached hydrogen (secondary N) is 1. The van der Waals surface area contributed by atoms with Crippen LogP contribution in [0, 0.1) is 12.8 Å². The molecule has 2 unspecified atom stereocenters. The topological polar surface area (TPSA) is 51.2 Å². The third-order valence-electron chi connectivity index (χ3n) is 4.47. The molecule has 1 aromatic heterocycles. The van der Waals surface area contributed by atoms with Crippen molar-refractivity contribution in [3.05, 3.63) is 40.9 Å². The van der Waals surface area contributed by atoms with Gasteiger partial charge in [-0.2, -0.15) is 0 Å². The Morgan fingerprint density at radius 2 is 2.17 bits per heavy atom. The Kier molecular flexibility index (Phi) is 5.63. The molecule has 1 saturated heterocycles. The van der Waals surface area contributed by atoms with Crippen LogP contribution in [-0.2, 0) is 16.0 Å². The summed E-state index contributed by atoms with van der Waals surface area (Å²) >= 11 is 1.65. The van der Waals surface area contributed by atoms with Gasteiger partial charge in [-0.1, -0.05) is 29.8 Å². The SMILES string of the molecule is Cc1ccc(-c2nc(CCNC(=O)C3CCCOC3C)cs2)cc1. The van der Waals surface area contributed by atoms with Gasteiger partial charge in [0.15, 0.2) is 0 Å². The van der Waals surface area contributed by atoms with E-state index in [9.17, 15) is 4.79 Å². The molecule has 2 aromatic rings. The summed E-state index contributed by atoms with van der Waals surface area (Å²) in [7, 11) is 0. The quantitative estimate of drug-likeness (QED) is 0.902. The average molecular weight is 344 g/mol. The summed E-state index contributed by atoms with van der Waals surface area (Å²) in [5.41, 5.74) is 3.43. The van der Waals surface area contributed by atoms with Crippen LogP contribution in [0.3, 0.4) is 0 Å². The zero-order valence-electron chi connectivity index (χ0n) is 14.2. The molecule has 1 aliphatic heterocycles. The number of nitrogens with zero attached hydrogens (tertiary/aromatic N) is 1. The summed E-state index contributed by atoms with van der Waals surface area (Å²) in [6.07, 6.45) is 2.66. The molecule has 0 bridgehead atoms. The van der Waals surface area contributed by atoms with Crippen LogP contribution in [0.5, 0.6) is 0 Å². The van der Waals surface area contributed by atoms with E-state index in [1.165, 1.54) is 5.56 Å². The normalized spacial score (nSPS) is 20.8. The monoisotopic (exact) mass is 344 g/mol. The average Bonchev–Trinajstić information content (AvgIpc) is 3.04. The number of aromatic nitrogens is 1. The van der Waals surface area contributed by atoms with Gasteiger partial charge < -0.3 is 10.1 Å². The van der Waals surface area contributed by atoms with E-state index in [-0.39, 0.29) is 17.9 Å². The molecule has 1 fully saturated rings. The fourth-order valence-corrected chi connectivity index (χ4v) is 3.82. The van der Waals surface area contributed by atoms with E-state index in [1.54, 1.807) is 11.3 Å². The van der Waals surface area contributed by atoms with E-state index in [2.05, 4.69) is 46.9 Å². The van der Waals surface area contributed by atoms with Crippen LogP contribution in [-0.4, -0.2) is 30.1 Å². The van der Waals surface area contributed by atoms with E-state index in [4.69, 9.17) is 4.74 Å². The minimum atomic E-state index is -0.0164. The Balaban J connectivity index is 1.50. The lowest BCUT2D eigenvalue weighted by Gasteiger charge is -2.27. The Morgan fingerprint density at radius 3 is 2.92 bits per heavy atom. The number of carbonyl (C=O) groups is 1. The Bertz CT molecular complexity index is 681. The van der Waals surface area contributed by atoms with Crippen LogP contribution in [0.4, 0.5) is 0 Å². The van der Waals surface area contributed by atoms with Gasteiger partial charge in [0.25, 0.3) is 0 Å². The fraction of sp³-hybridized carbons (Fsp3) is 0.474. The van der Waals surface area contributed by atoms with Gasteiger partial charge in [-0.15, -0.1) is 11.3 Å². The number of rotatable bonds is 5. The molecule has 0 aliphatic carbocycles. The summed E-state index contributed by atoms with van der Waals surface area (Å²) in [4.78, 5) is 16.9. The van der Waals surface area contributed by atoms with Crippen LogP contribution in [0.15, 0.2) is 29.6 Å². The molecule has 1 amide bonds. The number of aryl methyl sites for hydroxylation is 1. The third-order valence-corrected chi connectivity index (χ3v) is 5.41. The van der Waals surface area contributed by atoms with Crippen LogP contribution in [0.1, 0.15) is 31.0 Å². The predicted octanol–water partition coefficient (Wildman–Crippen LogP) is 3.59. The summed E-state index contributed by atoms with van der Waals surface area (Å²) in [6, 6.07) is 8.41. The lowest BCUT2D eigenvalue weighted by atomic mass is 9.94. The lowest BCUT2D eigenvalue weighted by molar-refractivity contribution is -0.133. The number of benzene rings is 1. The molecule has 2 heterocycles. The molecule has 24 heavy (non-hydrogen) atoms. The molecule has 1 N–H and O–H groups in total. The van der Waals surface area contributed by atoms with E-state index < -0.39 is 0 Å². The van der Waals surface area contributed by atoms with Crippen molar-refractivity contribution < 1.29 is 9.53 Å². The third kappa shape index (κ3) is 4.22. The van der Waals surface area contributed by atoms with Gasteiger partial charge in [0.1, 0.15) is 5.01 Å². The lowest BCUT2D eigenvalue weighted by Crippen LogP contribution is -2.40. The van der Waals surface area contributed by atoms with Crippen LogP contribution < -0.4 is 5.32 Å². The largest absolute Gasteiger partial charge is 0.378 e. The summed E-state index contributed by atoms with van der Waals surface area (Å²) in [5.74, 6) is 0.0912. The highest BCUT2D eigenvalue weighted by Gasteiger charge is 2.28. The summed E-state index contributed by atoms with van der Waals surface area (Å²) < 4.78 is 5.57. The summed E-state index contributed by atoms with van der Waals surface area (Å²) in [6.45, 7) is 5.46. The molecule has 3 rings (SSSR count). The number of carbonyl (C=O) groups excluding carboxylic acids is 1. The Hall–Kier alpha value is -1.72. The number of amides is 1. The highest BCUT2D eigenvalue weighted by molar-refractivity contribution is 7.13. The standard InChI is InChI=1S/C19H24N2O2S/c1-13-5-7-15(8-6-13)19-21-16(12-24-19)9-10-20-18(22)17-4-3-11-23-14(17)2/h5-8,12,14,17H,3-4,9-11H2,1-2H3,(H,20,22). The van der Waals surface area contributed by atoms with Crippen molar-refractivity contribution in [3.63, 3.8) is 0 Å². The molecule has 0 saturated carbocycles. The first kappa shape index (κ1) is 17.1. The van der Waals surface area contributed by atoms with Crippen molar-refractivity contribution in [2.75, 3.05) is 13.2 Å². The Morgan fingerprint density at radius 1 is 1.38 bits per heavy atom. The van der Waals surface area contributed by atoms with Gasteiger partial charge in [-0.25, -0.2) is 4.98 Å². The fourth-order valence-electron chi connectivity index (χ4n) is 2.96. The molecule has 2 atom stereocenters. The maximum absolute atomic E-state index is 12.2. The van der Waals surface area contributed by atoms with E-state index >= 15 is 0 Å². The van der Waals surface area contributed by atoms with Crippen LogP contribution in [0.25, 0.3) is 10.6 Å². The molecule has 1 aliphatic rings. The van der Waals surface area contributed by atoms with Crippen molar-refractivity contribution in [1.82, 2.24) is 10.3 Å². The molecule has 0 radical (unpaired) electrons. The summed E-state index contributed by atoms with van der Waals surface area (Å²) in [5, 5.41) is 6.14. The van der Waals surface area contributed by atoms with E-state index in [1.807, 2.05) is 6.92 Å². The predicted molar refractivity (Wildman–Crippen MR) is 97.1 cm³/mol. The van der Waals surface area contributed by atoms with E-state index in [0.29, 0.717) is 6.54 Å². The van der Waals surface area contributed by atoms with Gasteiger partial charge in [-0.3, -0.25) is 4.79 Å².